The number of hydrogen-bond acceptors (Lipinski definition) is 1. The lowest BCUT2D eigenvalue weighted by molar-refractivity contribution is -0.114. The van der Waals surface area contributed by atoms with Gasteiger partial charge in [-0.25, -0.2) is 0 Å². The molecule has 0 aromatic carbocycles. The molecule has 1 aliphatic carbocycles. The van der Waals surface area contributed by atoms with Gasteiger partial charge >= 0.3 is 0 Å². The van der Waals surface area contributed by atoms with Gasteiger partial charge in [0, 0.05) is 6.42 Å². The van der Waals surface area contributed by atoms with Crippen LogP contribution in [-0.2, 0) is 4.79 Å². The van der Waals surface area contributed by atoms with E-state index in [0.717, 1.165) is 17.9 Å². The first-order valence-electron chi connectivity index (χ1n) is 3.86. The van der Waals surface area contributed by atoms with E-state index < -0.39 is 0 Å². The first-order valence-corrected chi connectivity index (χ1v) is 3.86. The minimum absolute atomic E-state index is 0.308. The molecule has 0 aliphatic heterocycles. The van der Waals surface area contributed by atoms with Crippen molar-refractivity contribution in [2.75, 3.05) is 0 Å². The lowest BCUT2D eigenvalue weighted by atomic mass is 10.1. The van der Waals surface area contributed by atoms with E-state index in [1.54, 1.807) is 6.08 Å². The lowest BCUT2D eigenvalue weighted by Gasteiger charge is -1.91. The molecule has 1 rings (SSSR count). The van der Waals surface area contributed by atoms with Gasteiger partial charge in [0.15, 0.2) is 5.78 Å². The van der Waals surface area contributed by atoms with Crippen molar-refractivity contribution in [2.45, 2.75) is 33.1 Å². The SMILES string of the molecule is CC(C)=CC(=O)CC1CC1. The van der Waals surface area contributed by atoms with Crippen LogP contribution in [0.5, 0.6) is 0 Å². The van der Waals surface area contributed by atoms with Gasteiger partial charge in [0.1, 0.15) is 0 Å². The molecule has 0 aromatic heterocycles. The molecule has 1 heteroatoms. The number of ketones is 1. The first kappa shape index (κ1) is 7.52. The van der Waals surface area contributed by atoms with Crippen LogP contribution in [0.4, 0.5) is 0 Å². The zero-order valence-corrected chi connectivity index (χ0v) is 6.68. The highest BCUT2D eigenvalue weighted by molar-refractivity contribution is 5.90. The highest BCUT2D eigenvalue weighted by atomic mass is 16.1. The molecule has 0 aromatic rings. The maximum Gasteiger partial charge on any atom is 0.155 e. The second kappa shape index (κ2) is 3.00. The maximum atomic E-state index is 11.0. The normalized spacial score (nSPS) is 16.6. The van der Waals surface area contributed by atoms with Crippen molar-refractivity contribution in [1.82, 2.24) is 0 Å². The predicted molar refractivity (Wildman–Crippen MR) is 41.8 cm³/mol. The molecule has 0 unspecified atom stereocenters. The summed E-state index contributed by atoms with van der Waals surface area (Å²) >= 11 is 0. The molecule has 0 N–H and O–H groups in total. The molecule has 1 aliphatic rings. The fraction of sp³-hybridized carbons (Fsp3) is 0.667. The minimum Gasteiger partial charge on any atom is -0.295 e. The standard InChI is InChI=1S/C9H14O/c1-7(2)5-9(10)6-8-3-4-8/h5,8H,3-4,6H2,1-2H3. The number of carbonyl (C=O) groups is 1. The summed E-state index contributed by atoms with van der Waals surface area (Å²) < 4.78 is 0. The zero-order chi connectivity index (χ0) is 7.56. The third kappa shape index (κ3) is 2.81. The van der Waals surface area contributed by atoms with Crippen LogP contribution in [0.2, 0.25) is 0 Å². The molecule has 10 heavy (non-hydrogen) atoms. The van der Waals surface area contributed by atoms with Crippen molar-refractivity contribution in [3.05, 3.63) is 11.6 Å². The summed E-state index contributed by atoms with van der Waals surface area (Å²) in [7, 11) is 0. The Bertz CT molecular complexity index is 160. The molecule has 0 atom stereocenters. The molecular formula is C9H14O. The molecular weight excluding hydrogens is 124 g/mol. The fourth-order valence-corrected chi connectivity index (χ4v) is 0.987. The van der Waals surface area contributed by atoms with Crippen LogP contribution in [0.1, 0.15) is 33.1 Å². The Balaban J connectivity index is 2.26. The van der Waals surface area contributed by atoms with Crippen LogP contribution in [0.25, 0.3) is 0 Å². The Morgan fingerprint density at radius 2 is 2.10 bits per heavy atom. The molecule has 0 radical (unpaired) electrons. The molecule has 56 valence electrons. The summed E-state index contributed by atoms with van der Waals surface area (Å²) in [6.07, 6.45) is 5.06. The average molecular weight is 138 g/mol. The van der Waals surface area contributed by atoms with Crippen LogP contribution in [0.15, 0.2) is 11.6 Å². The predicted octanol–water partition coefficient (Wildman–Crippen LogP) is 2.32. The molecule has 0 heterocycles. The molecule has 1 fully saturated rings. The van der Waals surface area contributed by atoms with E-state index in [1.165, 1.54) is 12.8 Å². The molecule has 0 amide bonds. The second-order valence-electron chi connectivity index (χ2n) is 3.34. The smallest absolute Gasteiger partial charge is 0.155 e. The topological polar surface area (TPSA) is 17.1 Å². The fourth-order valence-electron chi connectivity index (χ4n) is 0.987. The summed E-state index contributed by atoms with van der Waals surface area (Å²) in [4.78, 5) is 11.0. The minimum atomic E-state index is 0.308. The Morgan fingerprint density at radius 3 is 2.50 bits per heavy atom. The molecule has 1 nitrogen and oxygen atoms in total. The van der Waals surface area contributed by atoms with E-state index in [-0.39, 0.29) is 0 Å². The highest BCUT2D eigenvalue weighted by Gasteiger charge is 2.23. The van der Waals surface area contributed by atoms with Crippen molar-refractivity contribution in [2.24, 2.45) is 5.92 Å². The van der Waals surface area contributed by atoms with Gasteiger partial charge < -0.3 is 0 Å². The van der Waals surface area contributed by atoms with Crippen molar-refractivity contribution in [3.8, 4) is 0 Å². The summed E-state index contributed by atoms with van der Waals surface area (Å²) in [6.45, 7) is 3.93. The van der Waals surface area contributed by atoms with Gasteiger partial charge in [-0.2, -0.15) is 0 Å². The lowest BCUT2D eigenvalue weighted by Crippen LogP contribution is -1.93. The van der Waals surface area contributed by atoms with Crippen LogP contribution in [0, 0.1) is 5.92 Å². The number of allylic oxidation sites excluding steroid dienone is 2. The van der Waals surface area contributed by atoms with Gasteiger partial charge in [0.2, 0.25) is 0 Å². The summed E-state index contributed by atoms with van der Waals surface area (Å²) in [5, 5.41) is 0. The number of hydrogen-bond donors (Lipinski definition) is 0. The van der Waals surface area contributed by atoms with Crippen LogP contribution in [0.3, 0.4) is 0 Å². The Kier molecular flexibility index (Phi) is 2.25. The summed E-state index contributed by atoms with van der Waals surface area (Å²) in [5.74, 6) is 1.03. The first-order chi connectivity index (χ1) is 4.68. The molecule has 0 spiro atoms. The van der Waals surface area contributed by atoms with Gasteiger partial charge in [-0.3, -0.25) is 4.79 Å². The van der Waals surface area contributed by atoms with E-state index in [1.807, 2.05) is 13.8 Å². The van der Waals surface area contributed by atoms with Crippen molar-refractivity contribution in [1.29, 1.82) is 0 Å². The van der Waals surface area contributed by atoms with Crippen LogP contribution in [-0.4, -0.2) is 5.78 Å². The van der Waals surface area contributed by atoms with Gasteiger partial charge in [-0.1, -0.05) is 5.57 Å². The van der Waals surface area contributed by atoms with E-state index in [2.05, 4.69) is 0 Å². The van der Waals surface area contributed by atoms with Crippen molar-refractivity contribution >= 4 is 5.78 Å². The number of rotatable bonds is 3. The van der Waals surface area contributed by atoms with Crippen LogP contribution < -0.4 is 0 Å². The maximum absolute atomic E-state index is 11.0. The summed E-state index contributed by atoms with van der Waals surface area (Å²) in [6, 6.07) is 0. The van der Waals surface area contributed by atoms with Gasteiger partial charge in [0.25, 0.3) is 0 Å². The van der Waals surface area contributed by atoms with Gasteiger partial charge in [-0.05, 0) is 38.7 Å². The van der Waals surface area contributed by atoms with Crippen LogP contribution >= 0.6 is 0 Å². The van der Waals surface area contributed by atoms with Crippen molar-refractivity contribution in [3.63, 3.8) is 0 Å². The van der Waals surface area contributed by atoms with Gasteiger partial charge in [-0.15, -0.1) is 0 Å². The van der Waals surface area contributed by atoms with Crippen molar-refractivity contribution < 1.29 is 4.79 Å². The van der Waals surface area contributed by atoms with Gasteiger partial charge in [0.05, 0.1) is 0 Å². The number of carbonyl (C=O) groups excluding carboxylic acids is 1. The Hall–Kier alpha value is -0.590. The Morgan fingerprint density at radius 1 is 1.50 bits per heavy atom. The third-order valence-corrected chi connectivity index (χ3v) is 1.64. The van der Waals surface area contributed by atoms with E-state index in [9.17, 15) is 4.79 Å². The van der Waals surface area contributed by atoms with E-state index >= 15 is 0 Å². The highest BCUT2D eigenvalue weighted by Crippen LogP contribution is 2.32. The molecule has 1 saturated carbocycles. The Labute approximate surface area is 62.1 Å². The third-order valence-electron chi connectivity index (χ3n) is 1.64. The largest absolute Gasteiger partial charge is 0.295 e. The quantitative estimate of drug-likeness (QED) is 0.547. The monoisotopic (exact) mass is 138 g/mol. The van der Waals surface area contributed by atoms with E-state index in [0.29, 0.717) is 5.78 Å². The van der Waals surface area contributed by atoms with E-state index in [4.69, 9.17) is 0 Å². The molecule has 0 bridgehead atoms. The zero-order valence-electron chi connectivity index (χ0n) is 6.68. The summed E-state index contributed by atoms with van der Waals surface area (Å²) in [5.41, 5.74) is 1.12. The second-order valence-corrected chi connectivity index (χ2v) is 3.34. The average Bonchev–Trinajstić information content (AvgIpc) is 2.46. The molecule has 0 saturated heterocycles.